The third-order valence-corrected chi connectivity index (χ3v) is 3.42. The van der Waals surface area contributed by atoms with Crippen molar-refractivity contribution >= 4 is 17.7 Å². The molecule has 0 aliphatic carbocycles. The Morgan fingerprint density at radius 2 is 1.96 bits per heavy atom. The number of aromatic nitrogens is 2. The second-order valence-corrected chi connectivity index (χ2v) is 5.26. The number of amides is 1. The van der Waals surface area contributed by atoms with Crippen molar-refractivity contribution in [2.24, 2.45) is 12.8 Å². The van der Waals surface area contributed by atoms with E-state index in [1.165, 1.54) is 13.1 Å². The second-order valence-electron chi connectivity index (χ2n) is 5.26. The molecule has 1 aromatic heterocycles. The van der Waals surface area contributed by atoms with Gasteiger partial charge in [-0.1, -0.05) is 24.3 Å². The predicted molar refractivity (Wildman–Crippen MR) is 90.5 cm³/mol. The summed E-state index contributed by atoms with van der Waals surface area (Å²) in [5.74, 6) is -1.78. The maximum atomic E-state index is 12.1. The molecule has 1 heterocycles. The number of carbonyl (C=O) groups excluding carboxylic acids is 1. The number of aryl methyl sites for hydroxylation is 1. The minimum atomic E-state index is -1.05. The number of carboxylic acid groups (broad SMARTS) is 1. The molecule has 0 aliphatic heterocycles. The van der Waals surface area contributed by atoms with E-state index in [-0.39, 0.29) is 24.4 Å². The zero-order valence-electron chi connectivity index (χ0n) is 13.4. The highest BCUT2D eigenvalue weighted by Gasteiger charge is 2.15. The molecule has 0 bridgehead atoms. The van der Waals surface area contributed by atoms with Crippen LogP contribution in [0.3, 0.4) is 0 Å². The van der Waals surface area contributed by atoms with Gasteiger partial charge in [0.25, 0.3) is 11.5 Å². The average Bonchev–Trinajstić information content (AvgIpc) is 2.56. The number of rotatable bonds is 6. The Balaban J connectivity index is 2.33. The Kier molecular flexibility index (Phi) is 5.28. The molecule has 0 aliphatic rings. The number of nitrogen functional groups attached to an aromatic ring is 1. The first-order valence-electron chi connectivity index (χ1n) is 7.32. The summed E-state index contributed by atoms with van der Waals surface area (Å²) < 4.78 is 1.04. The van der Waals surface area contributed by atoms with Crippen molar-refractivity contribution in [2.45, 2.75) is 6.42 Å². The molecule has 0 saturated carbocycles. The third kappa shape index (κ3) is 4.28. The third-order valence-electron chi connectivity index (χ3n) is 3.42. The van der Waals surface area contributed by atoms with Crippen molar-refractivity contribution in [1.82, 2.24) is 15.1 Å². The molecule has 0 fully saturated rings. The molecule has 0 atom stereocenters. The highest BCUT2D eigenvalue weighted by atomic mass is 16.4. The number of carboxylic acids is 1. The Morgan fingerprint density at radius 3 is 2.52 bits per heavy atom. The lowest BCUT2D eigenvalue weighted by Gasteiger charge is -2.08. The Labute approximate surface area is 142 Å². The van der Waals surface area contributed by atoms with E-state index in [0.717, 1.165) is 4.68 Å². The summed E-state index contributed by atoms with van der Waals surface area (Å²) in [6, 6.07) is 7.97. The van der Waals surface area contributed by atoms with Gasteiger partial charge in [-0.15, -0.1) is 0 Å². The lowest BCUT2D eigenvalue weighted by molar-refractivity contribution is -0.136. The van der Waals surface area contributed by atoms with E-state index >= 15 is 0 Å². The topological polar surface area (TPSA) is 151 Å². The average molecular weight is 343 g/mol. The molecule has 25 heavy (non-hydrogen) atoms. The molecule has 0 unspecified atom stereocenters. The van der Waals surface area contributed by atoms with Gasteiger partial charge in [0.2, 0.25) is 0 Å². The normalized spacial score (nSPS) is 10.3. The fourth-order valence-corrected chi connectivity index (χ4v) is 2.11. The standard InChI is InChI=1S/C16H17N5O4/c1-21-16(25)11(15(24)19-7-6-13(22)23)8-12(20-21)9-2-4-10(5-3-9)14(17)18/h2-5,8H,6-7H2,1H3,(H3,17,18)(H,19,24)(H,22,23). The Hall–Kier alpha value is -3.49. The smallest absolute Gasteiger partial charge is 0.305 e. The van der Waals surface area contributed by atoms with Crippen molar-refractivity contribution in [3.63, 3.8) is 0 Å². The van der Waals surface area contributed by atoms with Crippen LogP contribution in [0.5, 0.6) is 0 Å². The molecule has 0 spiro atoms. The number of nitrogens with zero attached hydrogens (tertiary/aromatic N) is 2. The van der Waals surface area contributed by atoms with Gasteiger partial charge in [-0.05, 0) is 6.07 Å². The van der Waals surface area contributed by atoms with Crippen LogP contribution in [0.1, 0.15) is 22.3 Å². The summed E-state index contributed by atoms with van der Waals surface area (Å²) in [4.78, 5) is 34.8. The van der Waals surface area contributed by atoms with E-state index in [1.807, 2.05) is 0 Å². The van der Waals surface area contributed by atoms with Gasteiger partial charge < -0.3 is 16.2 Å². The van der Waals surface area contributed by atoms with Gasteiger partial charge in [-0.3, -0.25) is 19.8 Å². The molecule has 1 amide bonds. The Bertz CT molecular complexity index is 886. The van der Waals surface area contributed by atoms with Gasteiger partial charge in [-0.25, -0.2) is 4.68 Å². The number of nitrogens with two attached hydrogens (primary N) is 1. The van der Waals surface area contributed by atoms with Crippen molar-refractivity contribution in [3.8, 4) is 11.3 Å². The van der Waals surface area contributed by atoms with Gasteiger partial charge in [-0.2, -0.15) is 5.10 Å². The first-order valence-corrected chi connectivity index (χ1v) is 7.32. The van der Waals surface area contributed by atoms with Crippen LogP contribution in [0, 0.1) is 5.41 Å². The van der Waals surface area contributed by atoms with E-state index in [4.69, 9.17) is 16.2 Å². The number of hydrogen-bond acceptors (Lipinski definition) is 5. The van der Waals surface area contributed by atoms with E-state index < -0.39 is 17.4 Å². The second kappa shape index (κ2) is 7.39. The highest BCUT2D eigenvalue weighted by molar-refractivity contribution is 5.96. The van der Waals surface area contributed by atoms with E-state index in [0.29, 0.717) is 16.8 Å². The molecule has 2 rings (SSSR count). The number of hydrogen-bond donors (Lipinski definition) is 4. The molecule has 0 saturated heterocycles. The minimum absolute atomic E-state index is 0.0709. The van der Waals surface area contributed by atoms with Crippen LogP contribution in [0.25, 0.3) is 11.3 Å². The van der Waals surface area contributed by atoms with Crippen molar-refractivity contribution in [1.29, 1.82) is 5.41 Å². The van der Waals surface area contributed by atoms with Crippen LogP contribution in [0.2, 0.25) is 0 Å². The summed E-state index contributed by atoms with van der Waals surface area (Å²) in [5.41, 5.74) is 6.26. The zero-order chi connectivity index (χ0) is 18.6. The monoisotopic (exact) mass is 343 g/mol. The predicted octanol–water partition coefficient (Wildman–Crippen LogP) is -0.0641. The van der Waals surface area contributed by atoms with Crippen molar-refractivity contribution < 1.29 is 14.7 Å². The number of carbonyl (C=O) groups is 2. The minimum Gasteiger partial charge on any atom is -0.481 e. The van der Waals surface area contributed by atoms with Crippen LogP contribution in [0.4, 0.5) is 0 Å². The van der Waals surface area contributed by atoms with Gasteiger partial charge >= 0.3 is 5.97 Å². The highest BCUT2D eigenvalue weighted by Crippen LogP contribution is 2.17. The molecule has 130 valence electrons. The van der Waals surface area contributed by atoms with Gasteiger partial charge in [0.1, 0.15) is 11.4 Å². The lowest BCUT2D eigenvalue weighted by atomic mass is 10.1. The summed E-state index contributed by atoms with van der Waals surface area (Å²) in [6.45, 7) is -0.0811. The van der Waals surface area contributed by atoms with E-state index in [2.05, 4.69) is 10.4 Å². The first-order chi connectivity index (χ1) is 11.8. The summed E-state index contributed by atoms with van der Waals surface area (Å²) in [6.07, 6.45) is -0.240. The molecule has 1 aromatic carbocycles. The largest absolute Gasteiger partial charge is 0.481 e. The van der Waals surface area contributed by atoms with Gasteiger partial charge in [0.05, 0.1) is 12.1 Å². The molecule has 5 N–H and O–H groups in total. The fourth-order valence-electron chi connectivity index (χ4n) is 2.11. The SMILES string of the molecule is Cn1nc(-c2ccc(C(=N)N)cc2)cc(C(=O)NCCC(=O)O)c1=O. The summed E-state index contributed by atoms with van der Waals surface area (Å²) >= 11 is 0. The Morgan fingerprint density at radius 1 is 1.32 bits per heavy atom. The van der Waals surface area contributed by atoms with E-state index in [1.54, 1.807) is 24.3 Å². The van der Waals surface area contributed by atoms with Crippen LogP contribution >= 0.6 is 0 Å². The number of aliphatic carboxylic acids is 1. The molecule has 9 heteroatoms. The molecular weight excluding hydrogens is 326 g/mol. The zero-order valence-corrected chi connectivity index (χ0v) is 13.4. The number of benzene rings is 1. The molecule has 0 radical (unpaired) electrons. The lowest BCUT2D eigenvalue weighted by Crippen LogP contribution is -2.34. The van der Waals surface area contributed by atoms with Crippen LogP contribution < -0.4 is 16.6 Å². The van der Waals surface area contributed by atoms with Gasteiger partial charge in [0, 0.05) is 24.7 Å². The molecular formula is C16H17N5O4. The number of nitrogens with one attached hydrogen (secondary N) is 2. The van der Waals surface area contributed by atoms with Crippen LogP contribution in [-0.4, -0.2) is 39.1 Å². The number of amidine groups is 1. The van der Waals surface area contributed by atoms with Crippen molar-refractivity contribution in [2.75, 3.05) is 6.54 Å². The summed E-state index contributed by atoms with van der Waals surface area (Å²) in [7, 11) is 1.42. The summed E-state index contributed by atoms with van der Waals surface area (Å²) in [5, 5.41) is 22.5. The maximum Gasteiger partial charge on any atom is 0.305 e. The molecule has 2 aromatic rings. The van der Waals surface area contributed by atoms with Gasteiger partial charge in [0.15, 0.2) is 0 Å². The maximum absolute atomic E-state index is 12.1. The fraction of sp³-hybridized carbons (Fsp3) is 0.188. The van der Waals surface area contributed by atoms with Crippen LogP contribution in [-0.2, 0) is 11.8 Å². The molecule has 9 nitrogen and oxygen atoms in total. The van der Waals surface area contributed by atoms with E-state index in [9.17, 15) is 14.4 Å². The first kappa shape index (κ1) is 17.9. The van der Waals surface area contributed by atoms with Crippen molar-refractivity contribution in [3.05, 3.63) is 51.8 Å². The van der Waals surface area contributed by atoms with Crippen LogP contribution in [0.15, 0.2) is 35.1 Å². The quantitative estimate of drug-likeness (QED) is 0.426.